The number of hydrogen-bond acceptors (Lipinski definition) is 2. The zero-order valence-electron chi connectivity index (χ0n) is 8.90. The first-order valence-electron chi connectivity index (χ1n) is 5.27. The molecule has 2 heterocycles. The van der Waals surface area contributed by atoms with Crippen LogP contribution in [0.2, 0.25) is 0 Å². The van der Waals surface area contributed by atoms with Crippen LogP contribution in [-0.2, 0) is 6.54 Å². The highest BCUT2D eigenvalue weighted by Crippen LogP contribution is 2.20. The van der Waals surface area contributed by atoms with Crippen LogP contribution < -0.4 is 5.69 Å². The predicted molar refractivity (Wildman–Crippen MR) is 63.5 cm³/mol. The van der Waals surface area contributed by atoms with Crippen molar-refractivity contribution in [2.45, 2.75) is 13.5 Å². The Morgan fingerprint density at radius 2 is 2.19 bits per heavy atom. The number of H-pyrrole nitrogens is 1. The average Bonchev–Trinajstić information content (AvgIpc) is 2.65. The van der Waals surface area contributed by atoms with Gasteiger partial charge in [0.15, 0.2) is 0 Å². The lowest BCUT2D eigenvalue weighted by atomic mass is 10.2. The number of aromatic nitrogens is 3. The fraction of sp³-hybridized carbons (Fsp3) is 0.167. The number of aromatic amines is 1. The number of para-hydroxylation sites is 1. The highest BCUT2D eigenvalue weighted by molar-refractivity contribution is 6.01. The summed E-state index contributed by atoms with van der Waals surface area (Å²) in [5.74, 6) is 0. The fourth-order valence-electron chi connectivity index (χ4n) is 2.06. The predicted octanol–water partition coefficient (Wildman–Crippen LogP) is 1.90. The number of imidazole rings is 1. The van der Waals surface area contributed by atoms with E-state index in [1.165, 1.54) is 0 Å². The molecule has 0 radical (unpaired) electrons. The van der Waals surface area contributed by atoms with Gasteiger partial charge in [0.25, 0.3) is 0 Å². The molecule has 0 atom stereocenters. The molecule has 0 saturated carbocycles. The SMILES string of the molecule is CCn1c(=O)[nH]c2c3ccccc3ncc21. The van der Waals surface area contributed by atoms with Gasteiger partial charge in [0.2, 0.25) is 0 Å². The maximum Gasteiger partial charge on any atom is 0.326 e. The van der Waals surface area contributed by atoms with Gasteiger partial charge in [-0.05, 0) is 13.0 Å². The van der Waals surface area contributed by atoms with Crippen LogP contribution in [0.1, 0.15) is 6.92 Å². The summed E-state index contributed by atoms with van der Waals surface area (Å²) in [6.07, 6.45) is 1.75. The molecule has 16 heavy (non-hydrogen) atoms. The Balaban J connectivity index is 2.57. The van der Waals surface area contributed by atoms with Crippen LogP contribution in [0.25, 0.3) is 21.9 Å². The molecule has 0 amide bonds. The number of pyridine rings is 1. The minimum atomic E-state index is -0.0735. The van der Waals surface area contributed by atoms with E-state index >= 15 is 0 Å². The lowest BCUT2D eigenvalue weighted by Crippen LogP contribution is -2.14. The third-order valence-corrected chi connectivity index (χ3v) is 2.84. The number of nitrogens with one attached hydrogen (secondary N) is 1. The third kappa shape index (κ3) is 1.10. The average molecular weight is 213 g/mol. The van der Waals surface area contributed by atoms with Crippen LogP contribution in [0, 0.1) is 0 Å². The zero-order valence-corrected chi connectivity index (χ0v) is 8.90. The molecule has 80 valence electrons. The highest BCUT2D eigenvalue weighted by atomic mass is 16.1. The fourth-order valence-corrected chi connectivity index (χ4v) is 2.06. The first kappa shape index (κ1) is 9.15. The van der Waals surface area contributed by atoms with Gasteiger partial charge in [-0.25, -0.2) is 4.79 Å². The number of rotatable bonds is 1. The first-order chi connectivity index (χ1) is 7.81. The molecular formula is C12H11N3O. The smallest absolute Gasteiger partial charge is 0.305 e. The largest absolute Gasteiger partial charge is 0.326 e. The summed E-state index contributed by atoms with van der Waals surface area (Å²) in [7, 11) is 0. The zero-order chi connectivity index (χ0) is 11.1. The Bertz CT molecular complexity index is 724. The van der Waals surface area contributed by atoms with Gasteiger partial charge in [0.05, 0.1) is 22.7 Å². The van der Waals surface area contributed by atoms with Crippen LogP contribution in [0.5, 0.6) is 0 Å². The normalized spacial score (nSPS) is 11.3. The summed E-state index contributed by atoms with van der Waals surface area (Å²) in [6.45, 7) is 2.60. The van der Waals surface area contributed by atoms with E-state index in [0.29, 0.717) is 6.54 Å². The Hall–Kier alpha value is -2.10. The van der Waals surface area contributed by atoms with Gasteiger partial charge in [-0.2, -0.15) is 0 Å². The summed E-state index contributed by atoms with van der Waals surface area (Å²) >= 11 is 0. The second kappa shape index (κ2) is 3.20. The van der Waals surface area contributed by atoms with E-state index < -0.39 is 0 Å². The first-order valence-corrected chi connectivity index (χ1v) is 5.27. The second-order valence-electron chi connectivity index (χ2n) is 3.71. The van der Waals surface area contributed by atoms with Gasteiger partial charge < -0.3 is 4.98 Å². The van der Waals surface area contributed by atoms with Crippen LogP contribution in [0.15, 0.2) is 35.3 Å². The van der Waals surface area contributed by atoms with Crippen molar-refractivity contribution >= 4 is 21.9 Å². The molecule has 0 fully saturated rings. The summed E-state index contributed by atoms with van der Waals surface area (Å²) in [5.41, 5.74) is 2.57. The molecule has 0 unspecified atom stereocenters. The summed E-state index contributed by atoms with van der Waals surface area (Å²) in [6, 6.07) is 7.80. The van der Waals surface area contributed by atoms with Gasteiger partial charge in [-0.3, -0.25) is 9.55 Å². The maximum absolute atomic E-state index is 11.7. The Kier molecular flexibility index (Phi) is 1.83. The molecule has 0 aliphatic rings. The summed E-state index contributed by atoms with van der Waals surface area (Å²) < 4.78 is 1.69. The van der Waals surface area contributed by atoms with Crippen LogP contribution >= 0.6 is 0 Å². The Morgan fingerprint density at radius 3 is 3.00 bits per heavy atom. The maximum atomic E-state index is 11.7. The molecular weight excluding hydrogens is 202 g/mol. The summed E-state index contributed by atoms with van der Waals surface area (Å²) in [5, 5.41) is 0.990. The van der Waals surface area contributed by atoms with Crippen molar-refractivity contribution in [1.29, 1.82) is 0 Å². The topological polar surface area (TPSA) is 50.7 Å². The van der Waals surface area contributed by atoms with Gasteiger partial charge in [-0.15, -0.1) is 0 Å². The van der Waals surface area contributed by atoms with Crippen molar-refractivity contribution in [3.8, 4) is 0 Å². The molecule has 0 spiro atoms. The highest BCUT2D eigenvalue weighted by Gasteiger charge is 2.08. The second-order valence-corrected chi connectivity index (χ2v) is 3.71. The summed E-state index contributed by atoms with van der Waals surface area (Å²) in [4.78, 5) is 18.9. The van der Waals surface area contributed by atoms with E-state index in [1.807, 2.05) is 31.2 Å². The van der Waals surface area contributed by atoms with E-state index in [4.69, 9.17) is 0 Å². The van der Waals surface area contributed by atoms with Gasteiger partial charge in [-0.1, -0.05) is 18.2 Å². The molecule has 0 bridgehead atoms. The van der Waals surface area contributed by atoms with Gasteiger partial charge >= 0.3 is 5.69 Å². The van der Waals surface area contributed by atoms with Crippen LogP contribution in [-0.4, -0.2) is 14.5 Å². The van der Waals surface area contributed by atoms with Gasteiger partial charge in [0, 0.05) is 11.9 Å². The van der Waals surface area contributed by atoms with Crippen molar-refractivity contribution in [3.05, 3.63) is 40.9 Å². The standard InChI is InChI=1S/C12H11N3O/c1-2-15-10-7-13-9-6-4-3-5-8(9)11(10)14-12(15)16/h3-7H,2H2,1H3,(H,14,16). The van der Waals surface area contributed by atoms with Crippen molar-refractivity contribution in [2.75, 3.05) is 0 Å². The van der Waals surface area contributed by atoms with Crippen molar-refractivity contribution in [3.63, 3.8) is 0 Å². The minimum Gasteiger partial charge on any atom is -0.305 e. The number of aryl methyl sites for hydroxylation is 1. The molecule has 4 nitrogen and oxygen atoms in total. The molecule has 0 aliphatic carbocycles. The monoisotopic (exact) mass is 213 g/mol. The molecule has 0 saturated heterocycles. The van der Waals surface area contributed by atoms with Crippen molar-refractivity contribution < 1.29 is 0 Å². The van der Waals surface area contributed by atoms with Crippen molar-refractivity contribution in [1.82, 2.24) is 14.5 Å². The third-order valence-electron chi connectivity index (χ3n) is 2.84. The van der Waals surface area contributed by atoms with Gasteiger partial charge in [0.1, 0.15) is 0 Å². The van der Waals surface area contributed by atoms with E-state index in [1.54, 1.807) is 10.8 Å². The molecule has 4 heteroatoms. The van der Waals surface area contributed by atoms with E-state index in [9.17, 15) is 4.79 Å². The molecule has 1 aromatic carbocycles. The molecule has 2 aromatic heterocycles. The minimum absolute atomic E-state index is 0.0735. The molecule has 3 aromatic rings. The van der Waals surface area contributed by atoms with Crippen LogP contribution in [0.3, 0.4) is 0 Å². The van der Waals surface area contributed by atoms with E-state index in [0.717, 1.165) is 21.9 Å². The lowest BCUT2D eigenvalue weighted by Gasteiger charge is -1.99. The van der Waals surface area contributed by atoms with Crippen LogP contribution in [0.4, 0.5) is 0 Å². The molecule has 1 N–H and O–H groups in total. The molecule has 0 aliphatic heterocycles. The number of benzene rings is 1. The van der Waals surface area contributed by atoms with E-state index in [-0.39, 0.29) is 5.69 Å². The Morgan fingerprint density at radius 1 is 1.38 bits per heavy atom. The molecule has 3 rings (SSSR count). The quantitative estimate of drug-likeness (QED) is 0.671. The lowest BCUT2D eigenvalue weighted by molar-refractivity contribution is 0.752. The number of fused-ring (bicyclic) bond motifs is 3. The Labute approximate surface area is 91.5 Å². The number of hydrogen-bond donors (Lipinski definition) is 1. The number of nitrogens with zero attached hydrogens (tertiary/aromatic N) is 2. The van der Waals surface area contributed by atoms with Crippen molar-refractivity contribution in [2.24, 2.45) is 0 Å². The van der Waals surface area contributed by atoms with E-state index in [2.05, 4.69) is 9.97 Å².